The number of nitrogens with one attached hydrogen (secondary N) is 8. The van der Waals surface area contributed by atoms with Crippen LogP contribution in [-0.2, 0) is 14.0 Å². The van der Waals surface area contributed by atoms with Gasteiger partial charge >= 0.3 is 11.2 Å². The van der Waals surface area contributed by atoms with Crippen molar-refractivity contribution in [1.29, 1.82) is 0 Å². The van der Waals surface area contributed by atoms with Crippen molar-refractivity contribution >= 4 is 151 Å². The lowest BCUT2D eigenvalue weighted by Crippen LogP contribution is -2.41. The van der Waals surface area contributed by atoms with E-state index in [0.717, 1.165) is 31.0 Å². The number of rotatable bonds is 13. The topological polar surface area (TPSA) is 471 Å². The predicted octanol–water partition coefficient (Wildman–Crippen LogP) is 9.19. The van der Waals surface area contributed by atoms with Gasteiger partial charge in [0.1, 0.15) is 40.1 Å². The molecule has 1 aliphatic rings. The Bertz CT molecular complexity index is 4340. The van der Waals surface area contributed by atoms with Crippen LogP contribution in [0.25, 0.3) is 54.3 Å². The second kappa shape index (κ2) is 46.6. The van der Waals surface area contributed by atoms with Crippen LogP contribution in [0.5, 0.6) is 23.0 Å². The standard InChI is InChI=1S/C16H19N3O3S.C15H16N4O2S.C12H11NO4.C11H11N3O3.C4H7NS.C4H8O.CH4O.Cl3OP.H4N2.H2O/c1-9(2)6-15(23)18-19-16(21)13-8-14(20)11-5-4-10(22-3)7-12(11)17-13;1-8(2)16-15-19-18-14(22-15)12-7-13(20)10-5-4-9(21-3)6-11(10)17-12;1-16-7-3-4-8-9(5-7)13-10(6-11(8)14)12(15)17-2;1-17-6-2-3-7-8(4-6)13-9(5-10(7)15)11(16)14-12;1-4(2)5-3-6;1-2-4-5-3-1;1-2;1-5(2,3)4;1-2;/h4-5,7-9H,6H2,1-3H3,(H,17,20)(H,18,23)(H,19,21);4-8H,1-3H3,(H,16,19)(H,17,20);3-6H,1-2H3,(H,13,14);2-5H,12H2,1H3,(H,13,15)(H,14,16);4H,1-2H3;1-4H2;2H,1H3;;1-2H2;1H2. The molecule has 0 unspecified atom stereocenters. The van der Waals surface area contributed by atoms with Crippen LogP contribution in [0.4, 0.5) is 5.13 Å². The normalized spacial score (nSPS) is 10.7. The number of hydrazine groups is 3. The van der Waals surface area contributed by atoms with E-state index in [0.29, 0.717) is 95.2 Å². The van der Waals surface area contributed by atoms with E-state index in [1.165, 1.54) is 70.8 Å². The minimum atomic E-state index is -3.22. The molecule has 0 saturated carbocycles. The number of nitrogen functional groups attached to an aromatic ring is 1. The van der Waals surface area contributed by atoms with Crippen LogP contribution in [0.15, 0.2) is 121 Å². The number of aliphatic imine (C=N–C) groups is 1. The van der Waals surface area contributed by atoms with Crippen molar-refractivity contribution in [3.63, 3.8) is 0 Å². The van der Waals surface area contributed by atoms with Gasteiger partial charge in [0.2, 0.25) is 5.13 Å². The first-order valence-corrected chi connectivity index (χ1v) is 35.4. The second-order valence-electron chi connectivity index (χ2n) is 20.6. The highest BCUT2D eigenvalue weighted by Crippen LogP contribution is 2.61. The molecule has 544 valence electrons. The number of aromatic amines is 4. The van der Waals surface area contributed by atoms with Crippen molar-refractivity contribution < 1.29 is 58.0 Å². The molecule has 0 aliphatic carbocycles. The van der Waals surface area contributed by atoms with Crippen LogP contribution in [0.3, 0.4) is 0 Å². The van der Waals surface area contributed by atoms with Gasteiger partial charge in [-0.3, -0.25) is 61.3 Å². The number of aliphatic hydroxyl groups is 1. The number of H-pyrrole nitrogens is 4. The Balaban J connectivity index is 0.000000611. The third-order valence-corrected chi connectivity index (χ3v) is 13.6. The van der Waals surface area contributed by atoms with Crippen LogP contribution in [0.1, 0.15) is 92.3 Å². The van der Waals surface area contributed by atoms with Crippen molar-refractivity contribution in [3.05, 3.63) is 155 Å². The minimum absolute atomic E-state index is 0. The molecular weight excluding hydrogens is 1440 g/mol. The largest absolute Gasteiger partial charge is 0.497 e. The smallest absolute Gasteiger partial charge is 0.354 e. The maximum absolute atomic E-state index is 12.2. The zero-order chi connectivity index (χ0) is 74.5. The summed E-state index contributed by atoms with van der Waals surface area (Å²) in [7, 11) is 8.45. The van der Waals surface area contributed by atoms with Gasteiger partial charge in [0, 0.05) is 103 Å². The fourth-order valence-corrected chi connectivity index (χ4v) is 9.42. The van der Waals surface area contributed by atoms with Crippen LogP contribution in [0.2, 0.25) is 0 Å². The van der Waals surface area contributed by atoms with E-state index in [1.807, 2.05) is 47.0 Å². The first-order chi connectivity index (χ1) is 47.0. The fraction of sp³-hybridized carbons (Fsp3) is 0.317. The number of aromatic nitrogens is 6. The fourth-order valence-electron chi connectivity index (χ4n) is 7.96. The number of thiocarbonyl (C=S) groups is 2. The first-order valence-electron chi connectivity index (χ1n) is 29.3. The van der Waals surface area contributed by atoms with Crippen molar-refractivity contribution in [2.45, 2.75) is 72.9 Å². The Morgan fingerprint density at radius 1 is 0.640 bits per heavy atom. The van der Waals surface area contributed by atoms with Crippen LogP contribution in [0, 0.1) is 5.92 Å². The molecule has 1 fully saturated rings. The summed E-state index contributed by atoms with van der Waals surface area (Å²) in [6.07, 6.45) is 3.22. The van der Waals surface area contributed by atoms with Gasteiger partial charge in [-0.2, -0.15) is 0 Å². The molecule has 1 aliphatic heterocycles. The molecule has 17 N–H and O–H groups in total. The number of amides is 2. The zero-order valence-corrected chi connectivity index (χ0v) is 62.2. The molecule has 9 aromatic rings. The van der Waals surface area contributed by atoms with Gasteiger partial charge in [-0.1, -0.05) is 37.4 Å². The number of aliphatic hydroxyl groups excluding tert-OH is 1. The van der Waals surface area contributed by atoms with Gasteiger partial charge in [0.05, 0.1) is 79.5 Å². The average molecular weight is 1520 g/mol. The summed E-state index contributed by atoms with van der Waals surface area (Å²) < 4.78 is 39.4. The zero-order valence-electron chi connectivity index (χ0n) is 56.5. The molecule has 30 nitrogen and oxygen atoms in total. The van der Waals surface area contributed by atoms with Crippen molar-refractivity contribution in [2.24, 2.45) is 28.4 Å². The van der Waals surface area contributed by atoms with Crippen molar-refractivity contribution in [2.75, 3.05) is 61.2 Å². The maximum atomic E-state index is 12.2. The van der Waals surface area contributed by atoms with Crippen molar-refractivity contribution in [3.8, 4) is 33.7 Å². The van der Waals surface area contributed by atoms with Crippen LogP contribution in [-0.4, -0.2) is 137 Å². The van der Waals surface area contributed by atoms with Gasteiger partial charge in [0.25, 0.3) is 11.8 Å². The van der Waals surface area contributed by atoms with Gasteiger partial charge in [-0.05, 0) is 141 Å². The summed E-state index contributed by atoms with van der Waals surface area (Å²) >= 11 is 24.7. The highest BCUT2D eigenvalue weighted by atomic mass is 36.0. The third kappa shape index (κ3) is 31.2. The lowest BCUT2D eigenvalue weighted by atomic mass is 10.1. The lowest BCUT2D eigenvalue weighted by Gasteiger charge is -2.11. The summed E-state index contributed by atoms with van der Waals surface area (Å²) in [6, 6.07) is 26.1. The van der Waals surface area contributed by atoms with E-state index in [4.69, 9.17) is 46.9 Å². The second-order valence-corrected chi connectivity index (χ2v) is 28.9. The van der Waals surface area contributed by atoms with Crippen LogP contribution >= 0.6 is 74.7 Å². The molecule has 100 heavy (non-hydrogen) atoms. The number of ether oxygens (including phenoxy) is 6. The number of nitrogens with zero attached hydrogens (tertiary/aromatic N) is 3. The number of hydrogen-bond donors (Lipinski definition) is 12. The van der Waals surface area contributed by atoms with Gasteiger partial charge in [0.15, 0.2) is 26.7 Å². The van der Waals surface area contributed by atoms with Gasteiger partial charge < -0.3 is 64.3 Å². The number of fused-ring (bicyclic) bond motifs is 4. The van der Waals surface area contributed by atoms with E-state index >= 15 is 0 Å². The van der Waals surface area contributed by atoms with Gasteiger partial charge in [-0.25, -0.2) is 15.6 Å². The predicted molar refractivity (Wildman–Crippen MR) is 403 cm³/mol. The van der Waals surface area contributed by atoms with E-state index in [1.54, 1.807) is 86.0 Å². The van der Waals surface area contributed by atoms with E-state index < -0.39 is 23.0 Å². The molecule has 6 heterocycles. The first kappa shape index (κ1) is 89.3. The monoisotopic (exact) mass is 1520 g/mol. The van der Waals surface area contributed by atoms with E-state index in [2.05, 4.69) is 119 Å². The molecule has 1 saturated heterocycles. The molecule has 37 heteroatoms. The summed E-state index contributed by atoms with van der Waals surface area (Å²) in [5.74, 6) is 14.3. The molecular formula is C63H82Cl3N14O16PS3. The van der Waals surface area contributed by atoms with Crippen LogP contribution < -0.4 is 79.8 Å². The molecule has 0 spiro atoms. The number of methoxy groups -OCH3 is 5. The van der Waals surface area contributed by atoms with Gasteiger partial charge in [-0.15, -0.1) is 10.2 Å². The number of isothiocyanates is 1. The number of hydrogen-bond acceptors (Lipinski definition) is 25. The minimum Gasteiger partial charge on any atom is -0.497 e. The summed E-state index contributed by atoms with van der Waals surface area (Å²) in [4.78, 5) is 98.7. The summed E-state index contributed by atoms with van der Waals surface area (Å²) in [6.45, 7) is 14.0. The third-order valence-electron chi connectivity index (χ3n) is 12.3. The maximum Gasteiger partial charge on any atom is 0.354 e. The molecule has 5 aromatic heterocycles. The highest BCUT2D eigenvalue weighted by Gasteiger charge is 2.15. The van der Waals surface area contributed by atoms with E-state index in [-0.39, 0.29) is 50.3 Å². The Hall–Kier alpha value is -8.76. The molecule has 10 rings (SSSR count). The highest BCUT2D eigenvalue weighted by molar-refractivity contribution is 8.24. The number of benzene rings is 4. The molecule has 0 radical (unpaired) electrons. The summed E-state index contributed by atoms with van der Waals surface area (Å²) in [5, 5.41) is 21.0. The number of halogens is 3. The summed E-state index contributed by atoms with van der Waals surface area (Å²) in [5.41, 5.74) is 9.71. The molecule has 0 atom stereocenters. The van der Waals surface area contributed by atoms with Crippen molar-refractivity contribution in [1.82, 2.24) is 46.4 Å². The molecule has 4 aromatic carbocycles. The Morgan fingerprint density at radius 3 is 1.35 bits per heavy atom. The number of carbonyl (C=O) groups is 3. The molecule has 0 bridgehead atoms. The number of carbonyl (C=O) groups excluding carboxylic acids is 3. The number of anilines is 1. The Kier molecular flexibility index (Phi) is 41.6. The number of nitrogens with two attached hydrogens (primary N) is 3. The quantitative estimate of drug-likeness (QED) is 0.00972. The SMILES string of the molecule is C1CCOC1.CC(C)N=C=S.CO.COC(=O)c1cc(=O)c2ccc(OC)cc2[nH]1.COc1ccc2c(=O)cc(-c3nnc(NC(C)C)s3)[nH]c2c1.COc1ccc2c(=O)cc(C(=O)NN)[nH]c2c1.COc1ccc2c(=O)cc(C(=O)NNC(=S)CC(C)C)[nH]c2c1.NN.O.O=P(Cl)(Cl)Cl. The van der Waals surface area contributed by atoms with E-state index in [9.17, 15) is 38.1 Å². The number of esters is 1. The Labute approximate surface area is 603 Å². The number of pyridine rings is 4. The lowest BCUT2D eigenvalue weighted by molar-refractivity contribution is 0.0594. The average Bonchev–Trinajstić information content (AvgIpc) is 1.08. The Morgan fingerprint density at radius 2 is 1.02 bits per heavy atom. The molecule has 2 amide bonds.